The van der Waals surface area contributed by atoms with E-state index in [0.29, 0.717) is 32.1 Å². The zero-order valence-corrected chi connectivity index (χ0v) is 19.3. The standard InChI is InChI=1S/C24H15BrClN5O2/c25-19-11-12-20(26)22(33-16-9-5-2-6-10-16)18(19)14-28-31-24-29-21(15-7-3-1-4-8-15)17(13-27)23(32)30-24/h1-12,14H,(H2,29,30,31,32). The van der Waals surface area contributed by atoms with Crippen molar-refractivity contribution in [1.29, 1.82) is 5.26 Å². The van der Waals surface area contributed by atoms with Crippen molar-refractivity contribution in [2.24, 2.45) is 5.10 Å². The number of hydrogen-bond acceptors (Lipinski definition) is 6. The molecule has 4 aromatic rings. The second-order valence-electron chi connectivity index (χ2n) is 6.67. The fourth-order valence-corrected chi connectivity index (χ4v) is 3.59. The van der Waals surface area contributed by atoms with Crippen LogP contribution in [0.1, 0.15) is 11.1 Å². The van der Waals surface area contributed by atoms with Gasteiger partial charge in [0, 0.05) is 10.0 Å². The first kappa shape index (κ1) is 22.3. The summed E-state index contributed by atoms with van der Waals surface area (Å²) in [6, 6.07) is 23.6. The number of nitriles is 1. The van der Waals surface area contributed by atoms with Crippen LogP contribution < -0.4 is 15.7 Å². The molecule has 0 saturated carbocycles. The first-order valence-electron chi connectivity index (χ1n) is 9.66. The SMILES string of the molecule is N#Cc1c(-c2ccccc2)nc(NN=Cc2c(Br)ccc(Cl)c2Oc2ccccc2)[nH]c1=O. The lowest BCUT2D eigenvalue weighted by atomic mass is 10.1. The van der Waals surface area contributed by atoms with E-state index < -0.39 is 5.56 Å². The highest BCUT2D eigenvalue weighted by molar-refractivity contribution is 9.10. The van der Waals surface area contributed by atoms with Crippen LogP contribution in [0.15, 0.2) is 87.2 Å². The van der Waals surface area contributed by atoms with Gasteiger partial charge in [-0.3, -0.25) is 9.78 Å². The maximum absolute atomic E-state index is 12.4. The normalized spacial score (nSPS) is 10.7. The van der Waals surface area contributed by atoms with Crippen LogP contribution in [0.2, 0.25) is 5.02 Å². The summed E-state index contributed by atoms with van der Waals surface area (Å²) in [5.74, 6) is 1.11. The van der Waals surface area contributed by atoms with Gasteiger partial charge in [-0.25, -0.2) is 10.4 Å². The molecule has 1 heterocycles. The number of nitrogens with zero attached hydrogens (tertiary/aromatic N) is 3. The number of H-pyrrole nitrogens is 1. The Hall–Kier alpha value is -3.93. The van der Waals surface area contributed by atoms with E-state index in [2.05, 4.69) is 36.4 Å². The summed E-state index contributed by atoms with van der Waals surface area (Å²) in [5, 5.41) is 14.0. The van der Waals surface area contributed by atoms with Gasteiger partial charge in [0.25, 0.3) is 5.56 Å². The number of hydrogen-bond donors (Lipinski definition) is 2. The zero-order valence-electron chi connectivity index (χ0n) is 16.9. The number of ether oxygens (including phenoxy) is 1. The van der Waals surface area contributed by atoms with E-state index in [4.69, 9.17) is 16.3 Å². The van der Waals surface area contributed by atoms with Gasteiger partial charge in [0.2, 0.25) is 5.95 Å². The first-order valence-corrected chi connectivity index (χ1v) is 10.8. The fraction of sp³-hybridized carbons (Fsp3) is 0. The number of para-hydroxylation sites is 1. The average molecular weight is 521 g/mol. The van der Waals surface area contributed by atoms with Gasteiger partial charge in [-0.1, -0.05) is 60.1 Å². The van der Waals surface area contributed by atoms with Crippen molar-refractivity contribution in [2.75, 3.05) is 5.43 Å². The molecule has 0 aliphatic carbocycles. The summed E-state index contributed by atoms with van der Waals surface area (Å²) in [4.78, 5) is 19.3. The quantitative estimate of drug-likeness (QED) is 0.241. The number of rotatable bonds is 6. The predicted octanol–water partition coefficient (Wildman–Crippen LogP) is 5.96. The van der Waals surface area contributed by atoms with E-state index in [-0.39, 0.29) is 17.2 Å². The molecule has 0 unspecified atom stereocenters. The number of halogens is 2. The van der Waals surface area contributed by atoms with Crippen molar-refractivity contribution >= 4 is 39.7 Å². The highest BCUT2D eigenvalue weighted by Gasteiger charge is 2.14. The molecule has 0 atom stereocenters. The molecule has 0 aliphatic heterocycles. The summed E-state index contributed by atoms with van der Waals surface area (Å²) in [6.07, 6.45) is 1.49. The zero-order chi connectivity index (χ0) is 23.2. The van der Waals surface area contributed by atoms with Crippen LogP contribution in [0.5, 0.6) is 11.5 Å². The van der Waals surface area contributed by atoms with Crippen LogP contribution in [0.4, 0.5) is 5.95 Å². The molecule has 4 rings (SSSR count). The Morgan fingerprint density at radius 1 is 1.09 bits per heavy atom. The maximum Gasteiger partial charge on any atom is 0.270 e. The molecule has 0 saturated heterocycles. The lowest BCUT2D eigenvalue weighted by Crippen LogP contribution is -2.16. The van der Waals surface area contributed by atoms with E-state index in [1.54, 1.807) is 36.4 Å². The fourth-order valence-electron chi connectivity index (χ4n) is 2.97. The van der Waals surface area contributed by atoms with Crippen molar-refractivity contribution in [3.05, 3.63) is 104 Å². The Balaban J connectivity index is 1.66. The van der Waals surface area contributed by atoms with Crippen LogP contribution in [0.25, 0.3) is 11.3 Å². The summed E-state index contributed by atoms with van der Waals surface area (Å²) < 4.78 is 6.66. The molecule has 0 aliphatic rings. The van der Waals surface area contributed by atoms with E-state index in [1.165, 1.54) is 6.21 Å². The largest absolute Gasteiger partial charge is 0.455 e. The third-order valence-corrected chi connectivity index (χ3v) is 5.49. The van der Waals surface area contributed by atoms with Crippen LogP contribution in [-0.4, -0.2) is 16.2 Å². The van der Waals surface area contributed by atoms with Gasteiger partial charge in [-0.15, -0.1) is 0 Å². The lowest BCUT2D eigenvalue weighted by Gasteiger charge is -2.12. The molecule has 33 heavy (non-hydrogen) atoms. The third kappa shape index (κ3) is 5.12. The number of nitrogens with one attached hydrogen (secondary N) is 2. The number of anilines is 1. The van der Waals surface area contributed by atoms with Crippen LogP contribution in [0.3, 0.4) is 0 Å². The van der Waals surface area contributed by atoms with Crippen molar-refractivity contribution in [3.8, 4) is 28.8 Å². The Morgan fingerprint density at radius 2 is 1.79 bits per heavy atom. The topological polar surface area (TPSA) is 103 Å². The molecule has 2 N–H and O–H groups in total. The smallest absolute Gasteiger partial charge is 0.270 e. The first-order chi connectivity index (χ1) is 16.1. The molecular weight excluding hydrogens is 506 g/mol. The van der Waals surface area contributed by atoms with Gasteiger partial charge in [0.05, 0.1) is 22.5 Å². The number of hydrazone groups is 1. The lowest BCUT2D eigenvalue weighted by molar-refractivity contribution is 0.482. The van der Waals surface area contributed by atoms with Crippen LogP contribution in [0, 0.1) is 11.3 Å². The molecule has 0 spiro atoms. The van der Waals surface area contributed by atoms with E-state index >= 15 is 0 Å². The van der Waals surface area contributed by atoms with Gasteiger partial charge in [0.1, 0.15) is 17.4 Å². The molecule has 9 heteroatoms. The second kappa shape index (κ2) is 10.1. The summed E-state index contributed by atoms with van der Waals surface area (Å²) >= 11 is 9.86. The molecule has 162 valence electrons. The van der Waals surface area contributed by atoms with Crippen molar-refractivity contribution < 1.29 is 4.74 Å². The third-order valence-electron chi connectivity index (χ3n) is 4.50. The molecule has 0 amide bonds. The average Bonchev–Trinajstić information content (AvgIpc) is 2.84. The Kier molecular flexibility index (Phi) is 6.83. The second-order valence-corrected chi connectivity index (χ2v) is 7.93. The Labute approximate surface area is 202 Å². The van der Waals surface area contributed by atoms with E-state index in [0.717, 1.165) is 0 Å². The van der Waals surface area contributed by atoms with E-state index in [1.807, 2.05) is 42.5 Å². The van der Waals surface area contributed by atoms with Crippen molar-refractivity contribution in [3.63, 3.8) is 0 Å². The van der Waals surface area contributed by atoms with Crippen LogP contribution >= 0.6 is 27.5 Å². The summed E-state index contributed by atoms with van der Waals surface area (Å²) in [5.41, 5.74) is 3.55. The minimum Gasteiger partial charge on any atom is -0.455 e. The van der Waals surface area contributed by atoms with Gasteiger partial charge >= 0.3 is 0 Å². The molecule has 0 bridgehead atoms. The summed E-state index contributed by atoms with van der Waals surface area (Å²) in [7, 11) is 0. The van der Waals surface area contributed by atoms with Gasteiger partial charge in [0.15, 0.2) is 5.75 Å². The minimum atomic E-state index is -0.568. The van der Waals surface area contributed by atoms with Gasteiger partial charge in [-0.05, 0) is 40.2 Å². The van der Waals surface area contributed by atoms with Gasteiger partial charge in [-0.2, -0.15) is 10.4 Å². The highest BCUT2D eigenvalue weighted by atomic mass is 79.9. The highest BCUT2D eigenvalue weighted by Crippen LogP contribution is 2.36. The number of aromatic amines is 1. The Morgan fingerprint density at radius 3 is 2.48 bits per heavy atom. The maximum atomic E-state index is 12.4. The van der Waals surface area contributed by atoms with E-state index in [9.17, 15) is 10.1 Å². The van der Waals surface area contributed by atoms with Gasteiger partial charge < -0.3 is 4.74 Å². The number of benzene rings is 3. The predicted molar refractivity (Wildman–Crippen MR) is 132 cm³/mol. The van der Waals surface area contributed by atoms with Crippen molar-refractivity contribution in [1.82, 2.24) is 9.97 Å². The number of aromatic nitrogens is 2. The molecule has 7 nitrogen and oxygen atoms in total. The monoisotopic (exact) mass is 519 g/mol. The van der Waals surface area contributed by atoms with Crippen LogP contribution in [-0.2, 0) is 0 Å². The Bertz CT molecular complexity index is 1420. The summed E-state index contributed by atoms with van der Waals surface area (Å²) in [6.45, 7) is 0. The van der Waals surface area contributed by atoms with Crippen molar-refractivity contribution in [2.45, 2.75) is 0 Å². The molecule has 3 aromatic carbocycles. The minimum absolute atomic E-state index is 0.0770. The molecular formula is C24H15BrClN5O2. The molecule has 1 aromatic heterocycles. The molecule has 0 fully saturated rings. The molecule has 0 radical (unpaired) electrons.